The van der Waals surface area contributed by atoms with Crippen LogP contribution >= 0.6 is 0 Å². The lowest BCUT2D eigenvalue weighted by molar-refractivity contribution is -0.125. The van der Waals surface area contributed by atoms with Gasteiger partial charge in [0.05, 0.1) is 13.2 Å². The Bertz CT molecular complexity index is 578. The van der Waals surface area contributed by atoms with Crippen molar-refractivity contribution in [2.24, 2.45) is 0 Å². The van der Waals surface area contributed by atoms with Gasteiger partial charge in [-0.1, -0.05) is 38.1 Å². The molecule has 1 aliphatic rings. The minimum Gasteiger partial charge on any atom is -0.453 e. The highest BCUT2D eigenvalue weighted by molar-refractivity contribution is 5.94. The number of amides is 2. The average molecular weight is 347 g/mol. The summed E-state index contributed by atoms with van der Waals surface area (Å²) in [6.07, 6.45) is -0.708. The number of rotatable bonds is 5. The highest BCUT2D eigenvalue weighted by atomic mass is 16.5. The van der Waals surface area contributed by atoms with Crippen molar-refractivity contribution in [3.63, 3.8) is 0 Å². The average Bonchev–Trinajstić information content (AvgIpc) is 2.62. The fourth-order valence-electron chi connectivity index (χ4n) is 3.00. The zero-order valence-electron chi connectivity index (χ0n) is 15.6. The summed E-state index contributed by atoms with van der Waals surface area (Å²) in [5.74, 6) is 0.236. The van der Waals surface area contributed by atoms with Crippen LogP contribution in [0.2, 0.25) is 0 Å². The molecule has 0 unspecified atom stereocenters. The molecule has 1 heterocycles. The zero-order valence-corrected chi connectivity index (χ0v) is 15.6. The van der Waals surface area contributed by atoms with Crippen LogP contribution in [0.15, 0.2) is 24.3 Å². The molecule has 1 fully saturated rings. The van der Waals surface area contributed by atoms with Crippen molar-refractivity contribution in [1.82, 2.24) is 15.1 Å². The van der Waals surface area contributed by atoms with Crippen molar-refractivity contribution in [3.8, 4) is 0 Å². The van der Waals surface area contributed by atoms with E-state index >= 15 is 0 Å². The zero-order chi connectivity index (χ0) is 18.4. The lowest BCUT2D eigenvalue weighted by atomic mass is 10.0. The van der Waals surface area contributed by atoms with Crippen LogP contribution in [0.25, 0.3) is 0 Å². The second-order valence-electron chi connectivity index (χ2n) is 6.87. The molecule has 1 atom stereocenters. The number of nitrogens with one attached hydrogen (secondary N) is 1. The number of imide groups is 1. The van der Waals surface area contributed by atoms with Crippen LogP contribution in [-0.4, -0.2) is 61.1 Å². The van der Waals surface area contributed by atoms with Crippen molar-refractivity contribution in [2.45, 2.75) is 39.3 Å². The van der Waals surface area contributed by atoms with Gasteiger partial charge in [0.25, 0.3) is 0 Å². The first-order valence-electron chi connectivity index (χ1n) is 8.84. The molecule has 1 aromatic carbocycles. The summed E-state index contributed by atoms with van der Waals surface area (Å²) < 4.78 is 4.47. The maximum atomic E-state index is 12.0. The lowest BCUT2D eigenvalue weighted by Crippen LogP contribution is -2.54. The fourth-order valence-corrected chi connectivity index (χ4v) is 3.00. The van der Waals surface area contributed by atoms with Gasteiger partial charge in [-0.25, -0.2) is 4.79 Å². The van der Waals surface area contributed by atoms with Crippen molar-refractivity contribution in [3.05, 3.63) is 35.4 Å². The first-order valence-corrected chi connectivity index (χ1v) is 8.84. The summed E-state index contributed by atoms with van der Waals surface area (Å²) in [6.45, 7) is 10.6. The van der Waals surface area contributed by atoms with Gasteiger partial charge in [0, 0.05) is 32.7 Å². The van der Waals surface area contributed by atoms with E-state index in [-0.39, 0.29) is 11.9 Å². The Morgan fingerprint density at radius 3 is 2.20 bits per heavy atom. The van der Waals surface area contributed by atoms with Gasteiger partial charge in [-0.15, -0.1) is 0 Å². The Morgan fingerprint density at radius 1 is 1.08 bits per heavy atom. The largest absolute Gasteiger partial charge is 0.453 e. The Hall–Kier alpha value is -1.92. The predicted octanol–water partition coefficient (Wildman–Crippen LogP) is 2.20. The van der Waals surface area contributed by atoms with Crippen LogP contribution in [0.4, 0.5) is 4.79 Å². The first kappa shape index (κ1) is 19.4. The number of methoxy groups -OCH3 is 1. The number of piperazine rings is 1. The van der Waals surface area contributed by atoms with Crippen LogP contribution in [0.5, 0.6) is 0 Å². The lowest BCUT2D eigenvalue weighted by Gasteiger charge is -2.37. The van der Waals surface area contributed by atoms with Crippen LogP contribution < -0.4 is 5.32 Å². The molecule has 138 valence electrons. The van der Waals surface area contributed by atoms with Gasteiger partial charge >= 0.3 is 6.09 Å². The van der Waals surface area contributed by atoms with Gasteiger partial charge in [0.1, 0.15) is 0 Å². The van der Waals surface area contributed by atoms with Gasteiger partial charge in [0.15, 0.2) is 0 Å². The van der Waals surface area contributed by atoms with Crippen LogP contribution in [-0.2, 0) is 16.1 Å². The third kappa shape index (κ3) is 5.54. The minimum atomic E-state index is -0.708. The molecule has 2 rings (SSSR count). The van der Waals surface area contributed by atoms with E-state index in [0.717, 1.165) is 32.7 Å². The molecule has 0 aromatic heterocycles. The Labute approximate surface area is 150 Å². The van der Waals surface area contributed by atoms with Gasteiger partial charge in [0.2, 0.25) is 5.91 Å². The first-order chi connectivity index (χ1) is 11.9. The van der Waals surface area contributed by atoms with E-state index in [1.807, 2.05) is 6.92 Å². The minimum absolute atomic E-state index is 0.315. The summed E-state index contributed by atoms with van der Waals surface area (Å²) in [7, 11) is 1.25. The molecule has 6 heteroatoms. The Balaban J connectivity index is 1.80. The molecule has 2 amide bonds. The maximum Gasteiger partial charge on any atom is 0.413 e. The van der Waals surface area contributed by atoms with Crippen molar-refractivity contribution < 1.29 is 14.3 Å². The molecule has 1 aromatic rings. The van der Waals surface area contributed by atoms with Gasteiger partial charge in [-0.3, -0.25) is 19.9 Å². The molecule has 0 aliphatic carbocycles. The summed E-state index contributed by atoms with van der Waals surface area (Å²) in [5, 5.41) is 2.24. The standard InChI is InChI=1S/C19H29N3O3/c1-14(2)17-7-5-16(6-8-17)13-21-9-11-22(12-10-21)15(3)18(23)20-19(24)25-4/h5-8,14-15H,9-13H2,1-4H3,(H,20,23,24)/t15-/m1/s1. The second-order valence-corrected chi connectivity index (χ2v) is 6.87. The molecule has 1 aliphatic heterocycles. The van der Waals surface area contributed by atoms with E-state index in [1.54, 1.807) is 0 Å². The molecule has 0 bridgehead atoms. The normalized spacial score (nSPS) is 17.3. The number of carbonyl (C=O) groups excluding carboxylic acids is 2. The van der Waals surface area contributed by atoms with E-state index in [0.29, 0.717) is 5.92 Å². The third-order valence-electron chi connectivity index (χ3n) is 4.80. The van der Waals surface area contributed by atoms with E-state index in [1.165, 1.54) is 18.2 Å². The van der Waals surface area contributed by atoms with Gasteiger partial charge < -0.3 is 4.74 Å². The predicted molar refractivity (Wildman–Crippen MR) is 97.4 cm³/mol. The summed E-state index contributed by atoms with van der Waals surface area (Å²) in [4.78, 5) is 27.6. The monoisotopic (exact) mass is 347 g/mol. The highest BCUT2D eigenvalue weighted by Gasteiger charge is 2.26. The molecular weight excluding hydrogens is 318 g/mol. The summed E-state index contributed by atoms with van der Waals surface area (Å²) in [6, 6.07) is 8.47. The Morgan fingerprint density at radius 2 is 1.68 bits per heavy atom. The Kier molecular flexibility index (Phi) is 6.96. The molecule has 0 saturated carbocycles. The van der Waals surface area contributed by atoms with Crippen LogP contribution in [0.3, 0.4) is 0 Å². The summed E-state index contributed by atoms with van der Waals surface area (Å²) in [5.41, 5.74) is 2.67. The number of benzene rings is 1. The van der Waals surface area contributed by atoms with E-state index < -0.39 is 6.09 Å². The number of hydrogen-bond donors (Lipinski definition) is 1. The van der Waals surface area contributed by atoms with Crippen LogP contribution in [0, 0.1) is 0 Å². The molecular formula is C19H29N3O3. The number of ether oxygens (including phenoxy) is 1. The molecule has 0 spiro atoms. The van der Waals surface area contributed by atoms with E-state index in [9.17, 15) is 9.59 Å². The number of alkyl carbamates (subject to hydrolysis) is 1. The quantitative estimate of drug-likeness (QED) is 0.885. The molecule has 25 heavy (non-hydrogen) atoms. The third-order valence-corrected chi connectivity index (χ3v) is 4.80. The number of hydrogen-bond acceptors (Lipinski definition) is 5. The highest BCUT2D eigenvalue weighted by Crippen LogP contribution is 2.16. The second kappa shape index (κ2) is 8.97. The molecule has 6 nitrogen and oxygen atoms in total. The number of carbonyl (C=O) groups is 2. The van der Waals surface area contributed by atoms with Crippen molar-refractivity contribution >= 4 is 12.0 Å². The van der Waals surface area contributed by atoms with E-state index in [4.69, 9.17) is 0 Å². The SMILES string of the molecule is COC(=O)NC(=O)[C@@H](C)N1CCN(Cc2ccc(C(C)C)cc2)CC1. The fraction of sp³-hybridized carbons (Fsp3) is 0.579. The topological polar surface area (TPSA) is 61.9 Å². The molecule has 0 radical (unpaired) electrons. The van der Waals surface area contributed by atoms with Crippen LogP contribution in [0.1, 0.15) is 37.8 Å². The smallest absolute Gasteiger partial charge is 0.413 e. The van der Waals surface area contributed by atoms with Crippen molar-refractivity contribution in [2.75, 3.05) is 33.3 Å². The van der Waals surface area contributed by atoms with E-state index in [2.05, 4.69) is 58.0 Å². The maximum absolute atomic E-state index is 12.0. The number of nitrogens with zero attached hydrogens (tertiary/aromatic N) is 2. The molecule has 1 N–H and O–H groups in total. The van der Waals surface area contributed by atoms with Crippen molar-refractivity contribution in [1.29, 1.82) is 0 Å². The molecule has 1 saturated heterocycles. The van der Waals surface area contributed by atoms with Gasteiger partial charge in [-0.2, -0.15) is 0 Å². The summed E-state index contributed by atoms with van der Waals surface area (Å²) >= 11 is 0. The van der Waals surface area contributed by atoms with Gasteiger partial charge in [-0.05, 0) is 24.0 Å².